The Bertz CT molecular complexity index is 413. The van der Waals surface area contributed by atoms with E-state index in [2.05, 4.69) is 10.3 Å². The molecule has 0 aromatic rings. The maximum absolute atomic E-state index is 11.3. The molecule has 0 bridgehead atoms. The number of nitrogens with one attached hydrogen (secondary N) is 1. The first-order valence-corrected chi connectivity index (χ1v) is 10.4. The molecule has 21 heavy (non-hydrogen) atoms. The van der Waals surface area contributed by atoms with Gasteiger partial charge in [-0.25, -0.2) is 8.42 Å². The van der Waals surface area contributed by atoms with Crippen LogP contribution in [0.4, 0.5) is 0 Å². The van der Waals surface area contributed by atoms with E-state index in [1.54, 1.807) is 0 Å². The van der Waals surface area contributed by atoms with Crippen molar-refractivity contribution in [3.8, 4) is 0 Å². The Hall–Kier alpha value is -0.170. The molecule has 5 nitrogen and oxygen atoms in total. The molecule has 0 aromatic carbocycles. The van der Waals surface area contributed by atoms with Gasteiger partial charge in [0.05, 0.1) is 0 Å². The minimum absolute atomic E-state index is 0.159. The predicted molar refractivity (Wildman–Crippen MR) is 86.7 cm³/mol. The Morgan fingerprint density at radius 2 is 1.76 bits per heavy atom. The van der Waals surface area contributed by atoms with Gasteiger partial charge in [-0.15, -0.1) is 0 Å². The molecule has 0 aromatic heterocycles. The molecule has 0 spiro atoms. The lowest BCUT2D eigenvalue weighted by Gasteiger charge is -2.48. The first-order chi connectivity index (χ1) is 9.98. The molecule has 3 N–H and O–H groups in total. The Morgan fingerprint density at radius 3 is 2.29 bits per heavy atom. The second kappa shape index (κ2) is 7.40. The van der Waals surface area contributed by atoms with Gasteiger partial charge in [-0.05, 0) is 51.6 Å². The van der Waals surface area contributed by atoms with Gasteiger partial charge in [0.15, 0.2) is 0 Å². The van der Waals surface area contributed by atoms with E-state index in [1.165, 1.54) is 64.3 Å². The summed E-state index contributed by atoms with van der Waals surface area (Å²) in [5.74, 6) is 6.13. The number of nitrogens with two attached hydrogens (primary N) is 1. The lowest BCUT2D eigenvalue weighted by molar-refractivity contribution is 0.0337. The van der Waals surface area contributed by atoms with Crippen molar-refractivity contribution in [2.24, 2.45) is 5.84 Å². The van der Waals surface area contributed by atoms with Crippen LogP contribution in [0.1, 0.15) is 57.8 Å². The number of nitrogens with zero attached hydrogens (tertiary/aromatic N) is 1. The lowest BCUT2D eigenvalue weighted by Crippen LogP contribution is -2.62. The maximum atomic E-state index is 11.3. The number of sulfone groups is 1. The highest BCUT2D eigenvalue weighted by atomic mass is 32.2. The van der Waals surface area contributed by atoms with Crippen LogP contribution in [0.3, 0.4) is 0 Å². The number of hydrazine groups is 1. The summed E-state index contributed by atoms with van der Waals surface area (Å²) in [6.07, 6.45) is 11.7. The molecule has 2 rings (SSSR count). The highest BCUT2D eigenvalue weighted by molar-refractivity contribution is 7.90. The lowest BCUT2D eigenvalue weighted by atomic mass is 9.82. The zero-order valence-electron chi connectivity index (χ0n) is 13.3. The van der Waals surface area contributed by atoms with E-state index in [1.807, 2.05) is 0 Å². The van der Waals surface area contributed by atoms with E-state index in [0.29, 0.717) is 6.42 Å². The van der Waals surface area contributed by atoms with E-state index >= 15 is 0 Å². The van der Waals surface area contributed by atoms with Crippen molar-refractivity contribution in [2.45, 2.75) is 69.4 Å². The van der Waals surface area contributed by atoms with Gasteiger partial charge in [0.25, 0.3) is 0 Å². The van der Waals surface area contributed by atoms with E-state index in [9.17, 15) is 8.42 Å². The number of likely N-dealkylation sites (tertiary alicyclic amines) is 1. The van der Waals surface area contributed by atoms with Gasteiger partial charge >= 0.3 is 0 Å². The maximum Gasteiger partial charge on any atom is 0.147 e. The van der Waals surface area contributed by atoms with Crippen molar-refractivity contribution in [3.05, 3.63) is 0 Å². The van der Waals surface area contributed by atoms with Crippen LogP contribution in [0.25, 0.3) is 0 Å². The first-order valence-electron chi connectivity index (χ1n) is 8.37. The topological polar surface area (TPSA) is 75.4 Å². The molecular formula is C15H31N3O2S. The third kappa shape index (κ3) is 4.41. The second-order valence-corrected chi connectivity index (χ2v) is 9.11. The summed E-state index contributed by atoms with van der Waals surface area (Å²) in [4.78, 5) is 2.65. The average Bonchev–Trinajstić information content (AvgIpc) is 2.94. The zero-order valence-corrected chi connectivity index (χ0v) is 14.1. The normalized spacial score (nSPS) is 25.0. The van der Waals surface area contributed by atoms with Crippen LogP contribution in [0.2, 0.25) is 0 Å². The molecule has 2 aliphatic rings. The molecule has 1 saturated carbocycles. The number of piperidine rings is 1. The van der Waals surface area contributed by atoms with E-state index in [-0.39, 0.29) is 17.3 Å². The van der Waals surface area contributed by atoms with Crippen LogP contribution >= 0.6 is 0 Å². The number of rotatable bonds is 7. The molecule has 1 atom stereocenters. The van der Waals surface area contributed by atoms with Crippen LogP contribution < -0.4 is 11.3 Å². The van der Waals surface area contributed by atoms with Crippen molar-refractivity contribution in [3.63, 3.8) is 0 Å². The van der Waals surface area contributed by atoms with Crippen LogP contribution in [0.15, 0.2) is 0 Å². The van der Waals surface area contributed by atoms with E-state index in [4.69, 9.17) is 5.84 Å². The summed E-state index contributed by atoms with van der Waals surface area (Å²) in [6, 6.07) is 0.208. The first kappa shape index (κ1) is 17.2. The Kier molecular flexibility index (Phi) is 6.05. The summed E-state index contributed by atoms with van der Waals surface area (Å²) in [5, 5.41) is 0. The highest BCUT2D eigenvalue weighted by Crippen LogP contribution is 2.40. The Labute approximate surface area is 129 Å². The van der Waals surface area contributed by atoms with Crippen molar-refractivity contribution < 1.29 is 8.42 Å². The highest BCUT2D eigenvalue weighted by Gasteiger charge is 2.45. The summed E-state index contributed by atoms with van der Waals surface area (Å²) in [6.45, 7) is 2.34. The molecule has 1 aliphatic heterocycles. The smallest absolute Gasteiger partial charge is 0.147 e. The quantitative estimate of drug-likeness (QED) is 0.549. The van der Waals surface area contributed by atoms with Crippen LogP contribution in [-0.4, -0.2) is 50.0 Å². The summed E-state index contributed by atoms with van der Waals surface area (Å²) in [5.41, 5.74) is 3.19. The van der Waals surface area contributed by atoms with Gasteiger partial charge < -0.3 is 0 Å². The Morgan fingerprint density at radius 1 is 1.14 bits per heavy atom. The van der Waals surface area contributed by atoms with Crippen molar-refractivity contribution >= 4 is 9.84 Å². The van der Waals surface area contributed by atoms with Gasteiger partial charge in [0.1, 0.15) is 9.84 Å². The fraction of sp³-hybridized carbons (Fsp3) is 1.00. The van der Waals surface area contributed by atoms with Gasteiger partial charge in [0, 0.05) is 23.6 Å². The van der Waals surface area contributed by atoms with Crippen LogP contribution in [-0.2, 0) is 9.84 Å². The van der Waals surface area contributed by atoms with Gasteiger partial charge in [-0.3, -0.25) is 16.2 Å². The molecule has 1 aliphatic carbocycles. The van der Waals surface area contributed by atoms with Gasteiger partial charge in [-0.1, -0.05) is 19.3 Å². The summed E-state index contributed by atoms with van der Waals surface area (Å²) in [7, 11) is -2.88. The molecule has 2 fully saturated rings. The van der Waals surface area contributed by atoms with Crippen molar-refractivity contribution in [1.29, 1.82) is 0 Å². The molecule has 124 valence electrons. The number of hydrogen-bond donors (Lipinski definition) is 2. The molecular weight excluding hydrogens is 286 g/mol. The largest absolute Gasteiger partial charge is 0.296 e. The third-order valence-corrected chi connectivity index (χ3v) is 6.34. The molecule has 6 heteroatoms. The monoisotopic (exact) mass is 317 g/mol. The molecule has 0 radical (unpaired) electrons. The Balaban J connectivity index is 2.03. The zero-order chi connectivity index (χ0) is 15.3. The van der Waals surface area contributed by atoms with Crippen molar-refractivity contribution in [1.82, 2.24) is 10.3 Å². The van der Waals surface area contributed by atoms with Crippen LogP contribution in [0.5, 0.6) is 0 Å². The fourth-order valence-corrected chi connectivity index (χ4v) is 4.96. The van der Waals surface area contributed by atoms with E-state index < -0.39 is 9.84 Å². The molecule has 0 amide bonds. The SMILES string of the molecule is CS(=O)(=O)CCCC(NN)C1(N2CCCCC2)CCCC1. The second-order valence-electron chi connectivity index (χ2n) is 6.85. The fourth-order valence-electron chi connectivity index (χ4n) is 4.27. The standard InChI is InChI=1S/C15H31N3O2S/c1-21(19,20)13-7-8-14(17-16)15(9-3-4-10-15)18-11-5-2-6-12-18/h14,17H,2-13,16H2,1H3. The minimum Gasteiger partial charge on any atom is -0.296 e. The van der Waals surface area contributed by atoms with Gasteiger partial charge in [0.2, 0.25) is 0 Å². The molecule has 1 heterocycles. The molecule has 1 unspecified atom stereocenters. The third-order valence-electron chi connectivity index (χ3n) is 5.31. The minimum atomic E-state index is -2.88. The van der Waals surface area contributed by atoms with Crippen LogP contribution in [0, 0.1) is 0 Å². The summed E-state index contributed by atoms with van der Waals surface area (Å²) >= 11 is 0. The van der Waals surface area contributed by atoms with E-state index in [0.717, 1.165) is 6.42 Å². The summed E-state index contributed by atoms with van der Waals surface area (Å²) < 4.78 is 22.7. The van der Waals surface area contributed by atoms with Gasteiger partial charge in [-0.2, -0.15) is 0 Å². The predicted octanol–water partition coefficient (Wildman–Crippen LogP) is 1.44. The number of hydrogen-bond acceptors (Lipinski definition) is 5. The average molecular weight is 317 g/mol. The molecule has 1 saturated heterocycles. The van der Waals surface area contributed by atoms with Crippen molar-refractivity contribution in [2.75, 3.05) is 25.1 Å².